The lowest BCUT2D eigenvalue weighted by Crippen LogP contribution is -2.57. The number of ketones is 1. The summed E-state index contributed by atoms with van der Waals surface area (Å²) < 4.78 is 5.26. The van der Waals surface area contributed by atoms with E-state index in [0.717, 1.165) is 44.9 Å². The number of carbonyl (C=O) groups excluding carboxylic acids is 2. The first-order valence-electron chi connectivity index (χ1n) is 10.3. The van der Waals surface area contributed by atoms with Gasteiger partial charge in [0.2, 0.25) is 0 Å². The van der Waals surface area contributed by atoms with Gasteiger partial charge in [0.15, 0.2) is 5.78 Å². The Morgan fingerprint density at radius 3 is 2.62 bits per heavy atom. The Morgan fingerprint density at radius 2 is 1.92 bits per heavy atom. The molecule has 0 amide bonds. The number of carbonyl (C=O) groups is 2. The van der Waals surface area contributed by atoms with E-state index in [2.05, 4.69) is 19.9 Å². The van der Waals surface area contributed by atoms with Crippen LogP contribution in [0.25, 0.3) is 0 Å². The molecule has 0 bridgehead atoms. The normalized spacial score (nSPS) is 50.1. The molecular formula is C22H32O4. The first-order valence-corrected chi connectivity index (χ1v) is 10.3. The summed E-state index contributed by atoms with van der Waals surface area (Å²) in [5.74, 6) is 1.55. The van der Waals surface area contributed by atoms with Gasteiger partial charge in [-0.25, -0.2) is 0 Å². The van der Waals surface area contributed by atoms with Gasteiger partial charge >= 0.3 is 0 Å². The van der Waals surface area contributed by atoms with E-state index < -0.39 is 5.60 Å². The van der Waals surface area contributed by atoms with Crippen LogP contribution in [0, 0.1) is 28.6 Å². The van der Waals surface area contributed by atoms with Gasteiger partial charge in [-0.2, -0.15) is 0 Å². The van der Waals surface area contributed by atoms with Crippen LogP contribution in [-0.2, 0) is 14.3 Å². The van der Waals surface area contributed by atoms with Crippen molar-refractivity contribution in [1.29, 1.82) is 0 Å². The van der Waals surface area contributed by atoms with Crippen LogP contribution in [0.3, 0.4) is 0 Å². The maximum Gasteiger partial charge on any atom is 0.293 e. The van der Waals surface area contributed by atoms with E-state index in [1.54, 1.807) is 6.92 Å². The largest absolute Gasteiger partial charge is 0.464 e. The lowest BCUT2D eigenvalue weighted by molar-refractivity contribution is -0.159. The van der Waals surface area contributed by atoms with Crippen molar-refractivity contribution < 1.29 is 19.4 Å². The van der Waals surface area contributed by atoms with E-state index in [1.165, 1.54) is 5.57 Å². The number of Topliss-reactive ketones (excluding diaryl/α,β-unsaturated/α-hetero) is 1. The number of hydrogen-bond donors (Lipinski definition) is 1. The van der Waals surface area contributed by atoms with Crippen molar-refractivity contribution in [2.45, 2.75) is 83.8 Å². The molecule has 1 N–H and O–H groups in total. The summed E-state index contributed by atoms with van der Waals surface area (Å²) in [5.41, 5.74) is 0.243. The summed E-state index contributed by atoms with van der Waals surface area (Å²) in [5, 5.41) is 11.2. The number of allylic oxidation sites excluding steroid dienone is 1. The third-order valence-electron chi connectivity index (χ3n) is 9.04. The quantitative estimate of drug-likeness (QED) is 0.614. The van der Waals surface area contributed by atoms with Crippen LogP contribution in [0.5, 0.6) is 0 Å². The molecule has 26 heavy (non-hydrogen) atoms. The summed E-state index contributed by atoms with van der Waals surface area (Å²) in [6.07, 6.45) is 9.96. The van der Waals surface area contributed by atoms with Gasteiger partial charge in [0.05, 0.1) is 0 Å². The standard InChI is InChI=1S/C22H32O4/c1-14(24)22(25)11-8-19-17-5-4-15-12-16(26-13-23)6-9-20(15,2)18(17)7-10-21(19,22)3/h4,13,16-19,25H,5-12H2,1-3H3/t16-,17+,18+,19+,20-,21-,22-/m0/s1. The van der Waals surface area contributed by atoms with Crippen molar-refractivity contribution in [3.8, 4) is 0 Å². The van der Waals surface area contributed by atoms with Gasteiger partial charge in [-0.15, -0.1) is 0 Å². The summed E-state index contributed by atoms with van der Waals surface area (Å²) in [6, 6.07) is 0. The molecule has 3 fully saturated rings. The van der Waals surface area contributed by atoms with Gasteiger partial charge in [0, 0.05) is 11.8 Å². The highest BCUT2D eigenvalue weighted by molar-refractivity contribution is 5.86. The average Bonchev–Trinajstić information content (AvgIpc) is 2.88. The Kier molecular flexibility index (Phi) is 4.15. The minimum Gasteiger partial charge on any atom is -0.464 e. The van der Waals surface area contributed by atoms with Gasteiger partial charge in [0.25, 0.3) is 6.47 Å². The molecule has 0 aromatic rings. The number of ether oxygens (including phenoxy) is 1. The predicted molar refractivity (Wildman–Crippen MR) is 98.3 cm³/mol. The summed E-state index contributed by atoms with van der Waals surface area (Å²) in [7, 11) is 0. The van der Waals surface area contributed by atoms with Crippen LogP contribution in [0.15, 0.2) is 11.6 Å². The molecule has 0 aliphatic heterocycles. The van der Waals surface area contributed by atoms with Crippen molar-refractivity contribution in [2.75, 3.05) is 0 Å². The Hall–Kier alpha value is -1.16. The highest BCUT2D eigenvalue weighted by Crippen LogP contribution is 2.67. The number of hydrogen-bond acceptors (Lipinski definition) is 4. The Labute approximate surface area is 156 Å². The van der Waals surface area contributed by atoms with Crippen LogP contribution in [-0.4, -0.2) is 29.1 Å². The number of aliphatic hydroxyl groups is 1. The smallest absolute Gasteiger partial charge is 0.293 e. The summed E-state index contributed by atoms with van der Waals surface area (Å²) in [4.78, 5) is 23.0. The number of fused-ring (bicyclic) bond motifs is 5. The van der Waals surface area contributed by atoms with Crippen LogP contribution in [0.2, 0.25) is 0 Å². The minimum absolute atomic E-state index is 0.0338. The Morgan fingerprint density at radius 1 is 1.19 bits per heavy atom. The SMILES string of the molecule is CC(=O)[C@@]1(O)CC[C@@H]2[C@@H]3CC=C4C[C@@H](OC=O)CC[C@]4(C)[C@@H]3CC[C@@]21C. The molecule has 0 aromatic carbocycles. The van der Waals surface area contributed by atoms with Crippen molar-refractivity contribution >= 4 is 12.3 Å². The molecular weight excluding hydrogens is 328 g/mol. The Bertz CT molecular complexity index is 655. The van der Waals surface area contributed by atoms with Gasteiger partial charge in [-0.1, -0.05) is 25.5 Å². The zero-order valence-corrected chi connectivity index (χ0v) is 16.3. The lowest BCUT2D eigenvalue weighted by atomic mass is 9.47. The first-order chi connectivity index (χ1) is 12.3. The zero-order chi connectivity index (χ0) is 18.7. The topological polar surface area (TPSA) is 63.6 Å². The van der Waals surface area contributed by atoms with Gasteiger partial charge in [0.1, 0.15) is 11.7 Å². The van der Waals surface area contributed by atoms with Crippen LogP contribution in [0.4, 0.5) is 0 Å². The molecule has 0 radical (unpaired) electrons. The molecule has 7 atom stereocenters. The molecule has 4 aliphatic carbocycles. The second kappa shape index (κ2) is 5.92. The third kappa shape index (κ3) is 2.23. The van der Waals surface area contributed by atoms with Crippen LogP contribution < -0.4 is 0 Å². The molecule has 0 heterocycles. The van der Waals surface area contributed by atoms with Crippen molar-refractivity contribution in [2.24, 2.45) is 28.6 Å². The highest BCUT2D eigenvalue weighted by Gasteiger charge is 2.65. The van der Waals surface area contributed by atoms with E-state index in [-0.39, 0.29) is 22.7 Å². The van der Waals surface area contributed by atoms with Crippen molar-refractivity contribution in [3.05, 3.63) is 11.6 Å². The first kappa shape index (κ1) is 18.2. The average molecular weight is 360 g/mol. The van der Waals surface area contributed by atoms with E-state index in [9.17, 15) is 14.7 Å². The molecule has 0 unspecified atom stereocenters. The molecule has 3 saturated carbocycles. The molecule has 0 spiro atoms. The number of rotatable bonds is 3. The maximum absolute atomic E-state index is 12.3. The fourth-order valence-electron chi connectivity index (χ4n) is 7.42. The molecule has 0 aromatic heterocycles. The van der Waals surface area contributed by atoms with Gasteiger partial charge < -0.3 is 9.84 Å². The molecule has 4 rings (SSSR count). The maximum atomic E-state index is 12.3. The van der Waals surface area contributed by atoms with E-state index in [1.807, 2.05) is 0 Å². The fraction of sp³-hybridized carbons (Fsp3) is 0.818. The Balaban J connectivity index is 1.64. The monoisotopic (exact) mass is 360 g/mol. The lowest BCUT2D eigenvalue weighted by Gasteiger charge is -2.58. The molecule has 0 saturated heterocycles. The fourth-order valence-corrected chi connectivity index (χ4v) is 7.42. The zero-order valence-electron chi connectivity index (χ0n) is 16.3. The molecule has 4 nitrogen and oxygen atoms in total. The van der Waals surface area contributed by atoms with Crippen molar-refractivity contribution in [1.82, 2.24) is 0 Å². The van der Waals surface area contributed by atoms with E-state index in [4.69, 9.17) is 4.74 Å². The third-order valence-corrected chi connectivity index (χ3v) is 9.04. The minimum atomic E-state index is -1.14. The molecule has 144 valence electrons. The summed E-state index contributed by atoms with van der Waals surface area (Å²) in [6.45, 7) is 6.72. The second-order valence-corrected chi connectivity index (χ2v) is 9.77. The van der Waals surface area contributed by atoms with E-state index in [0.29, 0.717) is 30.6 Å². The highest BCUT2D eigenvalue weighted by atomic mass is 16.5. The predicted octanol–water partition coefficient (Wildman–Crippen LogP) is 3.81. The molecule has 4 aliphatic rings. The summed E-state index contributed by atoms with van der Waals surface area (Å²) >= 11 is 0. The van der Waals surface area contributed by atoms with Crippen molar-refractivity contribution in [3.63, 3.8) is 0 Å². The van der Waals surface area contributed by atoms with E-state index >= 15 is 0 Å². The van der Waals surface area contributed by atoms with Crippen LogP contribution >= 0.6 is 0 Å². The van der Waals surface area contributed by atoms with Crippen LogP contribution in [0.1, 0.15) is 72.1 Å². The van der Waals surface area contributed by atoms with Gasteiger partial charge in [-0.3, -0.25) is 9.59 Å². The molecule has 4 heteroatoms. The van der Waals surface area contributed by atoms with Gasteiger partial charge in [-0.05, 0) is 75.0 Å². The second-order valence-electron chi connectivity index (χ2n) is 9.77.